The van der Waals surface area contributed by atoms with Crippen molar-refractivity contribution in [1.29, 1.82) is 0 Å². The number of carbonyl (C=O) groups excluding carboxylic acids is 1. The van der Waals surface area contributed by atoms with Gasteiger partial charge < -0.3 is 9.64 Å². The van der Waals surface area contributed by atoms with Crippen molar-refractivity contribution in [2.24, 2.45) is 4.99 Å². The van der Waals surface area contributed by atoms with Crippen molar-refractivity contribution in [3.8, 4) is 5.75 Å². The normalized spacial score (nSPS) is 22.6. The van der Waals surface area contributed by atoms with Gasteiger partial charge in [-0.05, 0) is 42.5 Å². The van der Waals surface area contributed by atoms with Crippen LogP contribution in [0.3, 0.4) is 0 Å². The zero-order valence-electron chi connectivity index (χ0n) is 17.8. The Kier molecular flexibility index (Phi) is 6.99. The lowest BCUT2D eigenvalue weighted by molar-refractivity contribution is -0.143. The highest BCUT2D eigenvalue weighted by Crippen LogP contribution is 2.44. The molecule has 15 heteroatoms. The van der Waals surface area contributed by atoms with E-state index in [0.29, 0.717) is 17.2 Å². The molecule has 2 aromatic rings. The van der Waals surface area contributed by atoms with Crippen molar-refractivity contribution in [2.75, 3.05) is 23.0 Å². The Bertz CT molecular complexity index is 1280. The van der Waals surface area contributed by atoms with Crippen LogP contribution in [0.15, 0.2) is 47.5 Å². The van der Waals surface area contributed by atoms with Gasteiger partial charge in [0.25, 0.3) is 5.91 Å². The lowest BCUT2D eigenvalue weighted by atomic mass is 10.1. The average Bonchev–Trinajstić information content (AvgIpc) is 3.22. The Balaban J connectivity index is 1.71. The Hall–Kier alpha value is -2.45. The van der Waals surface area contributed by atoms with Gasteiger partial charge >= 0.3 is 12.4 Å². The Morgan fingerprint density at radius 1 is 1.03 bits per heavy atom. The van der Waals surface area contributed by atoms with E-state index < -0.39 is 68.6 Å². The summed E-state index contributed by atoms with van der Waals surface area (Å²) in [5.41, 5.74) is -3.71. The number of rotatable bonds is 4. The van der Waals surface area contributed by atoms with Gasteiger partial charge in [-0.2, -0.15) is 31.3 Å². The van der Waals surface area contributed by atoms with E-state index >= 15 is 0 Å². The second-order valence-corrected chi connectivity index (χ2v) is 11.8. The number of aliphatic imine (C=N–C) groups is 1. The molecular formula is C21H15ClF6N2O4S2. The van der Waals surface area contributed by atoms with Gasteiger partial charge in [-0.1, -0.05) is 23.4 Å². The summed E-state index contributed by atoms with van der Waals surface area (Å²) in [7, 11) is -3.61. The number of hydrogen-bond acceptors (Lipinski definition) is 5. The number of alkyl halides is 6. The van der Waals surface area contributed by atoms with E-state index in [2.05, 4.69) is 4.99 Å². The fourth-order valence-electron chi connectivity index (χ4n) is 3.76. The first kappa shape index (κ1) is 26.6. The minimum Gasteiger partial charge on any atom is -0.484 e. The highest BCUT2D eigenvalue weighted by molar-refractivity contribution is 8.16. The molecule has 0 bridgehead atoms. The molecule has 0 aliphatic carbocycles. The number of nitrogens with zero attached hydrogens (tertiary/aromatic N) is 2. The van der Waals surface area contributed by atoms with Gasteiger partial charge in [0.15, 0.2) is 21.6 Å². The predicted octanol–water partition coefficient (Wildman–Crippen LogP) is 5.06. The average molecular weight is 573 g/mol. The molecule has 1 amide bonds. The van der Waals surface area contributed by atoms with Crippen molar-refractivity contribution < 1.29 is 44.3 Å². The maximum absolute atomic E-state index is 13.4. The maximum Gasteiger partial charge on any atom is 0.416 e. The van der Waals surface area contributed by atoms with E-state index in [1.807, 2.05) is 0 Å². The zero-order chi connectivity index (χ0) is 26.5. The molecule has 0 saturated carbocycles. The van der Waals surface area contributed by atoms with Crippen LogP contribution in [0.4, 0.5) is 32.0 Å². The van der Waals surface area contributed by atoms with E-state index in [0.717, 1.165) is 16.7 Å². The molecule has 36 heavy (non-hydrogen) atoms. The summed E-state index contributed by atoms with van der Waals surface area (Å²) in [5.74, 6) is -1.47. The molecule has 2 heterocycles. The number of fused-ring (bicyclic) bond motifs is 1. The monoisotopic (exact) mass is 572 g/mol. The lowest BCUT2D eigenvalue weighted by Gasteiger charge is -2.26. The van der Waals surface area contributed by atoms with Crippen LogP contribution in [0.1, 0.15) is 11.1 Å². The molecule has 2 aliphatic rings. The van der Waals surface area contributed by atoms with Gasteiger partial charge in [0, 0.05) is 16.0 Å². The summed E-state index contributed by atoms with van der Waals surface area (Å²) in [4.78, 5) is 17.3. The van der Waals surface area contributed by atoms with Crippen LogP contribution in [0, 0.1) is 0 Å². The molecule has 2 aliphatic heterocycles. The van der Waals surface area contributed by atoms with Gasteiger partial charge in [-0.25, -0.2) is 8.42 Å². The van der Waals surface area contributed by atoms with Crippen LogP contribution < -0.4 is 9.64 Å². The summed E-state index contributed by atoms with van der Waals surface area (Å²) < 4.78 is 110. The SMILES string of the molecule is O=C(COc1ccc(Cl)cc1)N=C1SC2CS(=O)(=O)CC2N1c1cc(C(F)(F)F)cc(C(F)(F)F)c1. The number of ether oxygens (including phenoxy) is 1. The predicted molar refractivity (Wildman–Crippen MR) is 122 cm³/mol. The summed E-state index contributed by atoms with van der Waals surface area (Å²) in [5, 5.41) is -0.521. The third-order valence-corrected chi connectivity index (χ3v) is 8.78. The van der Waals surface area contributed by atoms with Crippen LogP contribution >= 0.6 is 23.4 Å². The molecule has 2 atom stereocenters. The third-order valence-electron chi connectivity index (χ3n) is 5.31. The minimum absolute atomic E-state index is 0.0302. The van der Waals surface area contributed by atoms with E-state index in [-0.39, 0.29) is 22.7 Å². The zero-order valence-corrected chi connectivity index (χ0v) is 20.2. The molecule has 2 saturated heterocycles. The second kappa shape index (κ2) is 9.45. The number of hydrogen-bond donors (Lipinski definition) is 0. The fourth-order valence-corrected chi connectivity index (χ4v) is 7.82. The van der Waals surface area contributed by atoms with Gasteiger partial charge in [0.2, 0.25) is 0 Å². The minimum atomic E-state index is -5.11. The standard InChI is InChI=1S/C21H15ClF6N2O4S2/c22-13-1-3-15(4-2-13)34-8-18(31)29-19-30(16-9-36(32,33)10-17(16)35-19)14-6-11(20(23,24)25)5-12(7-14)21(26,27)28/h1-7,16-17H,8-10H2. The summed E-state index contributed by atoms with van der Waals surface area (Å²) in [6, 6.07) is 5.91. The number of benzene rings is 2. The first-order chi connectivity index (χ1) is 16.6. The van der Waals surface area contributed by atoms with E-state index in [4.69, 9.17) is 16.3 Å². The van der Waals surface area contributed by atoms with E-state index in [1.165, 1.54) is 24.3 Å². The highest BCUT2D eigenvalue weighted by atomic mass is 35.5. The van der Waals surface area contributed by atoms with Crippen molar-refractivity contribution in [3.05, 3.63) is 58.6 Å². The highest BCUT2D eigenvalue weighted by Gasteiger charge is 2.50. The largest absolute Gasteiger partial charge is 0.484 e. The van der Waals surface area contributed by atoms with Crippen molar-refractivity contribution in [2.45, 2.75) is 23.6 Å². The van der Waals surface area contributed by atoms with Gasteiger partial charge in [-0.15, -0.1) is 0 Å². The fraction of sp³-hybridized carbons (Fsp3) is 0.333. The topological polar surface area (TPSA) is 76.0 Å². The van der Waals surface area contributed by atoms with Gasteiger partial charge in [0.1, 0.15) is 5.75 Å². The number of anilines is 1. The Labute approximate surface area is 210 Å². The third kappa shape index (κ3) is 5.92. The van der Waals surface area contributed by atoms with Crippen LogP contribution in [-0.2, 0) is 27.0 Å². The number of thioether (sulfide) groups is 1. The molecule has 0 N–H and O–H groups in total. The first-order valence-corrected chi connectivity index (χ1v) is 13.2. The van der Waals surface area contributed by atoms with Crippen LogP contribution in [0.2, 0.25) is 5.02 Å². The molecule has 0 radical (unpaired) electrons. The summed E-state index contributed by atoms with van der Waals surface area (Å²) >= 11 is 6.58. The molecule has 6 nitrogen and oxygen atoms in total. The molecule has 2 unspecified atom stereocenters. The molecule has 4 rings (SSSR count). The number of amides is 1. The summed E-state index contributed by atoms with van der Waals surface area (Å²) in [6.07, 6.45) is -10.2. The number of halogens is 7. The van der Waals surface area contributed by atoms with Gasteiger partial charge in [-0.3, -0.25) is 4.79 Å². The van der Waals surface area contributed by atoms with Crippen LogP contribution in [0.25, 0.3) is 0 Å². The number of sulfone groups is 1. The van der Waals surface area contributed by atoms with Gasteiger partial charge in [0.05, 0.1) is 28.7 Å². The Morgan fingerprint density at radius 3 is 2.17 bits per heavy atom. The van der Waals surface area contributed by atoms with E-state index in [9.17, 15) is 39.6 Å². The molecule has 0 spiro atoms. The second-order valence-electron chi connectivity index (χ2n) is 7.97. The maximum atomic E-state index is 13.4. The number of amidine groups is 1. The molecule has 194 valence electrons. The lowest BCUT2D eigenvalue weighted by Crippen LogP contribution is -2.38. The van der Waals surface area contributed by atoms with Crippen LogP contribution in [0.5, 0.6) is 5.75 Å². The van der Waals surface area contributed by atoms with Crippen molar-refractivity contribution >= 4 is 50.0 Å². The molecule has 2 fully saturated rings. The van der Waals surface area contributed by atoms with E-state index in [1.54, 1.807) is 0 Å². The van der Waals surface area contributed by atoms with Crippen LogP contribution in [-0.4, -0.2) is 48.9 Å². The van der Waals surface area contributed by atoms with Crippen molar-refractivity contribution in [3.63, 3.8) is 0 Å². The molecular weight excluding hydrogens is 558 g/mol. The molecule has 0 aromatic heterocycles. The summed E-state index contributed by atoms with van der Waals surface area (Å²) in [6.45, 7) is -0.580. The first-order valence-electron chi connectivity index (χ1n) is 10.1. The number of carbonyl (C=O) groups is 1. The smallest absolute Gasteiger partial charge is 0.416 e. The van der Waals surface area contributed by atoms with Crippen molar-refractivity contribution in [1.82, 2.24) is 0 Å². The quantitative estimate of drug-likeness (QED) is 0.477. The molecule has 2 aromatic carbocycles. The Morgan fingerprint density at radius 2 is 1.61 bits per heavy atom.